The van der Waals surface area contributed by atoms with E-state index < -0.39 is 12.1 Å². The smallest absolute Gasteiger partial charge is 0.294 e. The SMILES string of the molecule is COc1cc(N(C)CCN(C)C)c([N+](=O)[O-])cc1Nc1ncc(C=CP(C)(C)=O)c(-c2cn3c4c(cccc24)CCC3)n1. The molecule has 0 unspecified atom stereocenters. The van der Waals surface area contributed by atoms with Crippen LogP contribution in [0.3, 0.4) is 0 Å². The Kier molecular flexibility index (Phi) is 8.57. The second-order valence-electron chi connectivity index (χ2n) is 11.5. The molecular formula is C31H38N7O4P. The molecule has 43 heavy (non-hydrogen) atoms. The van der Waals surface area contributed by atoms with E-state index in [1.807, 2.05) is 37.0 Å². The first-order valence-electron chi connectivity index (χ1n) is 14.2. The fourth-order valence-electron chi connectivity index (χ4n) is 5.36. The van der Waals surface area contributed by atoms with Crippen molar-refractivity contribution in [1.82, 2.24) is 19.4 Å². The number of ether oxygens (including phenoxy) is 1. The number of rotatable bonds is 11. The lowest BCUT2D eigenvalue weighted by Gasteiger charge is -2.22. The number of likely N-dealkylation sites (N-methyl/N-ethyl adjacent to an activating group) is 2. The first kappa shape index (κ1) is 30.3. The van der Waals surface area contributed by atoms with Crippen molar-refractivity contribution in [3.63, 3.8) is 0 Å². The number of nitro benzene ring substituents is 1. The van der Waals surface area contributed by atoms with Crippen LogP contribution in [-0.2, 0) is 17.5 Å². The summed E-state index contributed by atoms with van der Waals surface area (Å²) in [4.78, 5) is 25.1. The predicted molar refractivity (Wildman–Crippen MR) is 175 cm³/mol. The highest BCUT2D eigenvalue weighted by Crippen LogP contribution is 2.42. The minimum absolute atomic E-state index is 0.0556. The van der Waals surface area contributed by atoms with Gasteiger partial charge < -0.3 is 29.0 Å². The van der Waals surface area contributed by atoms with Crippen LogP contribution in [0.4, 0.5) is 23.0 Å². The van der Waals surface area contributed by atoms with E-state index in [4.69, 9.17) is 9.72 Å². The lowest BCUT2D eigenvalue weighted by Crippen LogP contribution is -2.28. The summed E-state index contributed by atoms with van der Waals surface area (Å²) < 4.78 is 20.5. The van der Waals surface area contributed by atoms with E-state index in [-0.39, 0.29) is 11.6 Å². The van der Waals surface area contributed by atoms with Crippen LogP contribution < -0.4 is 15.0 Å². The van der Waals surface area contributed by atoms with Gasteiger partial charge in [0.05, 0.1) is 28.9 Å². The van der Waals surface area contributed by atoms with Crippen molar-refractivity contribution in [2.24, 2.45) is 0 Å². The molecule has 5 rings (SSSR count). The van der Waals surface area contributed by atoms with Gasteiger partial charge in [-0.1, -0.05) is 18.2 Å². The molecule has 3 heterocycles. The number of nitrogens with one attached hydrogen (secondary N) is 1. The lowest BCUT2D eigenvalue weighted by atomic mass is 10.0. The quantitative estimate of drug-likeness (QED) is 0.120. The van der Waals surface area contributed by atoms with Gasteiger partial charge in [0.25, 0.3) is 5.69 Å². The van der Waals surface area contributed by atoms with Gasteiger partial charge in [-0.2, -0.15) is 0 Å². The predicted octanol–water partition coefficient (Wildman–Crippen LogP) is 6.30. The Morgan fingerprint density at radius 1 is 1.21 bits per heavy atom. The first-order valence-corrected chi connectivity index (χ1v) is 16.8. The van der Waals surface area contributed by atoms with Gasteiger partial charge in [-0.05, 0) is 57.7 Å². The molecule has 0 aliphatic carbocycles. The van der Waals surface area contributed by atoms with Crippen molar-refractivity contribution in [3.05, 3.63) is 69.8 Å². The van der Waals surface area contributed by atoms with Crippen molar-refractivity contribution in [2.75, 3.05) is 64.9 Å². The molecule has 11 nitrogen and oxygen atoms in total. The average molecular weight is 604 g/mol. The number of nitrogens with zero attached hydrogens (tertiary/aromatic N) is 6. The van der Waals surface area contributed by atoms with E-state index in [2.05, 4.69) is 39.3 Å². The van der Waals surface area contributed by atoms with E-state index in [1.54, 1.807) is 31.4 Å². The Morgan fingerprint density at radius 2 is 2.00 bits per heavy atom. The molecule has 0 saturated carbocycles. The summed E-state index contributed by atoms with van der Waals surface area (Å²) in [6.07, 6.45) is 7.72. The van der Waals surface area contributed by atoms with Crippen molar-refractivity contribution < 1.29 is 14.2 Å². The van der Waals surface area contributed by atoms with Crippen molar-refractivity contribution in [1.29, 1.82) is 0 Å². The monoisotopic (exact) mass is 603 g/mol. The van der Waals surface area contributed by atoms with Crippen LogP contribution in [-0.4, -0.2) is 79.0 Å². The van der Waals surface area contributed by atoms with Crippen LogP contribution in [0.5, 0.6) is 5.75 Å². The van der Waals surface area contributed by atoms with Crippen LogP contribution in [0, 0.1) is 10.1 Å². The summed E-state index contributed by atoms with van der Waals surface area (Å²) >= 11 is 0. The number of para-hydroxylation sites is 1. The molecule has 0 atom stereocenters. The van der Waals surface area contributed by atoms with Gasteiger partial charge in [-0.3, -0.25) is 10.1 Å². The topological polar surface area (TPSA) is 119 Å². The van der Waals surface area contributed by atoms with Gasteiger partial charge in [-0.15, -0.1) is 0 Å². The molecule has 0 radical (unpaired) electrons. The lowest BCUT2D eigenvalue weighted by molar-refractivity contribution is -0.384. The van der Waals surface area contributed by atoms with Gasteiger partial charge in [-0.25, -0.2) is 9.97 Å². The highest BCUT2D eigenvalue weighted by molar-refractivity contribution is 7.65. The molecule has 0 amide bonds. The third kappa shape index (κ3) is 6.58. The molecule has 2 aromatic heterocycles. The molecule has 2 aromatic carbocycles. The molecule has 1 aliphatic rings. The van der Waals surface area contributed by atoms with E-state index in [9.17, 15) is 14.7 Å². The van der Waals surface area contributed by atoms with Crippen LogP contribution in [0.2, 0.25) is 0 Å². The van der Waals surface area contributed by atoms with E-state index in [1.165, 1.54) is 24.3 Å². The summed E-state index contributed by atoms with van der Waals surface area (Å²) in [5.41, 5.74) is 5.64. The third-order valence-electron chi connectivity index (χ3n) is 7.55. The largest absolute Gasteiger partial charge is 0.494 e. The number of methoxy groups -OCH3 is 1. The highest BCUT2D eigenvalue weighted by Gasteiger charge is 2.24. The zero-order valence-corrected chi connectivity index (χ0v) is 26.4. The zero-order chi connectivity index (χ0) is 30.9. The van der Waals surface area contributed by atoms with Gasteiger partial charge >= 0.3 is 0 Å². The number of aryl methyl sites for hydroxylation is 2. The van der Waals surface area contributed by atoms with Gasteiger partial charge in [0, 0.05) is 67.7 Å². The van der Waals surface area contributed by atoms with Crippen molar-refractivity contribution in [2.45, 2.75) is 19.4 Å². The van der Waals surface area contributed by atoms with Crippen LogP contribution >= 0.6 is 7.14 Å². The van der Waals surface area contributed by atoms with Crippen LogP contribution in [0.1, 0.15) is 17.5 Å². The normalized spacial score (nSPS) is 13.2. The highest BCUT2D eigenvalue weighted by atomic mass is 31.2. The maximum atomic E-state index is 12.5. The van der Waals surface area contributed by atoms with Crippen LogP contribution in [0.25, 0.3) is 28.2 Å². The molecule has 0 saturated heterocycles. The van der Waals surface area contributed by atoms with Crippen LogP contribution in [0.15, 0.2) is 48.5 Å². The standard InChI is InChI=1S/C31H38N7O4P/c1-35(2)14-15-36(3)26-18-28(42-4)25(17-27(26)38(39)40)33-31-32-19-22(12-16-43(5,6)41)29(34-31)24-20-37-13-8-10-21-9-7-11-23(24)30(21)37/h7,9,11-12,16-20H,8,10,13-15H2,1-6H3,(H,32,33,34). The summed E-state index contributed by atoms with van der Waals surface area (Å²) in [7, 11) is 4.81. The Labute approximate surface area is 251 Å². The fourth-order valence-corrected chi connectivity index (χ4v) is 5.88. The van der Waals surface area contributed by atoms with Crippen molar-refractivity contribution in [3.8, 4) is 17.0 Å². The molecule has 0 bridgehead atoms. The summed E-state index contributed by atoms with van der Waals surface area (Å²) in [6, 6.07) is 9.46. The van der Waals surface area contributed by atoms with Gasteiger partial charge in [0.2, 0.25) is 5.95 Å². The molecule has 1 N–H and O–H groups in total. The maximum absolute atomic E-state index is 12.5. The molecule has 226 valence electrons. The second-order valence-corrected chi connectivity index (χ2v) is 14.7. The summed E-state index contributed by atoms with van der Waals surface area (Å²) in [5, 5.41) is 16.4. The number of hydrogen-bond acceptors (Lipinski definition) is 9. The van der Waals surface area contributed by atoms with Gasteiger partial charge in [0.15, 0.2) is 0 Å². The Hall–Kier alpha value is -4.21. The molecule has 0 spiro atoms. The number of benzene rings is 2. The van der Waals surface area contributed by atoms with E-state index >= 15 is 0 Å². The average Bonchev–Trinajstić information content (AvgIpc) is 3.34. The second kappa shape index (κ2) is 12.2. The minimum Gasteiger partial charge on any atom is -0.494 e. The number of nitro groups is 1. The summed E-state index contributed by atoms with van der Waals surface area (Å²) in [6.45, 7) is 5.67. The fraction of sp³-hybridized carbons (Fsp3) is 0.355. The minimum atomic E-state index is -2.45. The number of anilines is 3. The molecule has 4 aromatic rings. The Morgan fingerprint density at radius 3 is 2.70 bits per heavy atom. The number of aromatic nitrogens is 3. The molecule has 0 fully saturated rings. The maximum Gasteiger partial charge on any atom is 0.294 e. The summed E-state index contributed by atoms with van der Waals surface area (Å²) in [5.74, 6) is 2.40. The molecular weight excluding hydrogens is 565 g/mol. The Bertz CT molecular complexity index is 1760. The molecule has 12 heteroatoms. The third-order valence-corrected chi connectivity index (χ3v) is 8.41. The van der Waals surface area contributed by atoms with Gasteiger partial charge in [0.1, 0.15) is 18.6 Å². The Balaban J connectivity index is 1.60. The zero-order valence-electron chi connectivity index (χ0n) is 25.5. The van der Waals surface area contributed by atoms with Crippen molar-refractivity contribution >= 4 is 47.1 Å². The number of hydrogen-bond donors (Lipinski definition) is 1. The first-order chi connectivity index (χ1) is 20.4. The molecule has 1 aliphatic heterocycles. The van der Waals surface area contributed by atoms with E-state index in [0.29, 0.717) is 29.4 Å². The van der Waals surface area contributed by atoms with E-state index in [0.717, 1.165) is 42.4 Å².